The molecule has 180 valence electrons. The molecular formula is C22H31N5O6. The van der Waals surface area contributed by atoms with Crippen LogP contribution in [-0.4, -0.2) is 69.7 Å². The van der Waals surface area contributed by atoms with Gasteiger partial charge in [0.1, 0.15) is 18.2 Å². The monoisotopic (exact) mass is 461 g/mol. The molecule has 3 heterocycles. The number of aliphatic hydroxyl groups is 1. The van der Waals surface area contributed by atoms with Gasteiger partial charge in [-0.1, -0.05) is 0 Å². The molecule has 0 spiro atoms. The Bertz CT molecular complexity index is 933. The number of ether oxygens (including phenoxy) is 3. The van der Waals surface area contributed by atoms with E-state index in [2.05, 4.69) is 20.3 Å². The van der Waals surface area contributed by atoms with Crippen LogP contribution in [0.3, 0.4) is 0 Å². The highest BCUT2D eigenvalue weighted by Crippen LogP contribution is 2.30. The molecule has 2 aromatic rings. The number of hydrogen-bond acceptors (Lipinski definition) is 11. The predicted molar refractivity (Wildman–Crippen MR) is 119 cm³/mol. The summed E-state index contributed by atoms with van der Waals surface area (Å²) in [6.45, 7) is 8.73. The van der Waals surface area contributed by atoms with E-state index in [1.807, 2.05) is 13.8 Å². The van der Waals surface area contributed by atoms with Crippen LogP contribution in [0.2, 0.25) is 0 Å². The second-order valence-electron chi connectivity index (χ2n) is 7.90. The largest absolute Gasteiger partial charge is 0.528 e. The summed E-state index contributed by atoms with van der Waals surface area (Å²) in [7, 11) is 0. The van der Waals surface area contributed by atoms with Gasteiger partial charge in [-0.2, -0.15) is 0 Å². The minimum atomic E-state index is -0.695. The van der Waals surface area contributed by atoms with E-state index < -0.39 is 6.16 Å². The van der Waals surface area contributed by atoms with Crippen molar-refractivity contribution in [2.45, 2.75) is 52.7 Å². The van der Waals surface area contributed by atoms with Crippen LogP contribution in [0.1, 0.15) is 37.9 Å². The van der Waals surface area contributed by atoms with Gasteiger partial charge in [0.15, 0.2) is 5.75 Å². The number of hydrogen-bond donors (Lipinski definition) is 2. The maximum absolute atomic E-state index is 11.6. The van der Waals surface area contributed by atoms with Crippen LogP contribution in [0.5, 0.6) is 17.5 Å². The number of nitrogens with one attached hydrogen (secondary N) is 1. The van der Waals surface area contributed by atoms with Crippen molar-refractivity contribution in [3.8, 4) is 17.5 Å². The van der Waals surface area contributed by atoms with Crippen LogP contribution in [0.15, 0.2) is 18.5 Å². The molecule has 0 aliphatic carbocycles. The van der Waals surface area contributed by atoms with E-state index in [0.29, 0.717) is 67.1 Å². The topological polar surface area (TPSA) is 128 Å². The molecule has 2 aromatic heterocycles. The molecule has 0 aromatic carbocycles. The maximum atomic E-state index is 11.6. The third-order valence-electron chi connectivity index (χ3n) is 4.87. The second kappa shape index (κ2) is 11.6. The van der Waals surface area contributed by atoms with Crippen LogP contribution >= 0.6 is 0 Å². The van der Waals surface area contributed by atoms with E-state index in [1.54, 1.807) is 31.0 Å². The lowest BCUT2D eigenvalue weighted by Gasteiger charge is -2.30. The van der Waals surface area contributed by atoms with Crippen molar-refractivity contribution in [2.24, 2.45) is 0 Å². The fourth-order valence-corrected chi connectivity index (χ4v) is 3.20. The van der Waals surface area contributed by atoms with Crippen LogP contribution in [-0.2, 0) is 9.57 Å². The van der Waals surface area contributed by atoms with E-state index in [-0.39, 0.29) is 18.8 Å². The highest BCUT2D eigenvalue weighted by Gasteiger charge is 2.25. The first kappa shape index (κ1) is 24.5. The summed E-state index contributed by atoms with van der Waals surface area (Å²) in [5, 5.41) is 13.5. The van der Waals surface area contributed by atoms with Crippen molar-refractivity contribution >= 4 is 12.0 Å². The first-order chi connectivity index (χ1) is 15.9. The third kappa shape index (κ3) is 7.16. The number of aromatic nitrogens is 3. The summed E-state index contributed by atoms with van der Waals surface area (Å²) in [5.41, 5.74) is 1.36. The smallest absolute Gasteiger partial charge is 0.474 e. The zero-order valence-corrected chi connectivity index (χ0v) is 19.4. The Labute approximate surface area is 193 Å². The van der Waals surface area contributed by atoms with Gasteiger partial charge >= 0.3 is 6.16 Å². The molecule has 1 aliphatic rings. The number of rotatable bonds is 9. The summed E-state index contributed by atoms with van der Waals surface area (Å²) in [6, 6.07) is 3.57. The summed E-state index contributed by atoms with van der Waals surface area (Å²) in [5.74, 6) is 2.06. The quantitative estimate of drug-likeness (QED) is 0.535. The maximum Gasteiger partial charge on any atom is 0.528 e. The minimum Gasteiger partial charge on any atom is -0.474 e. The van der Waals surface area contributed by atoms with Crippen molar-refractivity contribution in [2.75, 3.05) is 31.6 Å². The van der Waals surface area contributed by atoms with Crippen molar-refractivity contribution in [1.29, 1.82) is 0 Å². The molecule has 2 N–H and O–H groups in total. The number of aliphatic hydroxyl groups excluding tert-OH is 1. The second-order valence-corrected chi connectivity index (χ2v) is 7.90. The average Bonchev–Trinajstić information content (AvgIpc) is 2.77. The number of pyridine rings is 1. The van der Waals surface area contributed by atoms with Gasteiger partial charge in [0, 0.05) is 32.5 Å². The third-order valence-corrected chi connectivity index (χ3v) is 4.87. The van der Waals surface area contributed by atoms with Gasteiger partial charge in [-0.25, -0.2) is 19.7 Å². The Morgan fingerprint density at radius 2 is 1.94 bits per heavy atom. The molecule has 11 nitrogen and oxygen atoms in total. The molecule has 1 fully saturated rings. The van der Waals surface area contributed by atoms with E-state index in [9.17, 15) is 4.79 Å². The van der Waals surface area contributed by atoms with E-state index >= 15 is 0 Å². The van der Waals surface area contributed by atoms with E-state index in [1.165, 1.54) is 6.33 Å². The predicted octanol–water partition coefficient (Wildman–Crippen LogP) is 3.00. The molecule has 0 amide bonds. The van der Waals surface area contributed by atoms with Gasteiger partial charge in [-0.05, 0) is 39.8 Å². The lowest BCUT2D eigenvalue weighted by molar-refractivity contribution is -0.151. The van der Waals surface area contributed by atoms with Crippen molar-refractivity contribution in [3.63, 3.8) is 0 Å². The van der Waals surface area contributed by atoms with Gasteiger partial charge in [0.05, 0.1) is 24.0 Å². The van der Waals surface area contributed by atoms with Gasteiger partial charge in [0.25, 0.3) is 0 Å². The average molecular weight is 462 g/mol. The summed E-state index contributed by atoms with van der Waals surface area (Å²) < 4.78 is 17.1. The fourth-order valence-electron chi connectivity index (χ4n) is 3.20. The Morgan fingerprint density at radius 3 is 2.61 bits per heavy atom. The molecule has 3 rings (SSSR count). The Balaban J connectivity index is 1.57. The molecule has 0 unspecified atom stereocenters. The van der Waals surface area contributed by atoms with Crippen LogP contribution in [0.25, 0.3) is 0 Å². The molecule has 11 heteroatoms. The van der Waals surface area contributed by atoms with Gasteiger partial charge in [0.2, 0.25) is 11.8 Å². The number of nitrogens with zero attached hydrogens (tertiary/aromatic N) is 4. The lowest BCUT2D eigenvalue weighted by atomic mass is 10.1. The fraction of sp³-hybridized carbons (Fsp3) is 0.545. The Morgan fingerprint density at radius 1 is 1.21 bits per heavy atom. The van der Waals surface area contributed by atoms with Crippen molar-refractivity contribution in [1.82, 2.24) is 20.0 Å². The molecular weight excluding hydrogens is 430 g/mol. The van der Waals surface area contributed by atoms with E-state index in [4.69, 9.17) is 24.2 Å². The summed E-state index contributed by atoms with van der Waals surface area (Å²) in [4.78, 5) is 29.8. The Kier molecular flexibility index (Phi) is 8.61. The molecule has 1 saturated heterocycles. The number of aryl methyl sites for hydroxylation is 1. The summed E-state index contributed by atoms with van der Waals surface area (Å²) >= 11 is 0. The first-order valence-corrected chi connectivity index (χ1v) is 11.0. The van der Waals surface area contributed by atoms with Crippen LogP contribution in [0, 0.1) is 13.8 Å². The van der Waals surface area contributed by atoms with Crippen LogP contribution < -0.4 is 14.8 Å². The van der Waals surface area contributed by atoms with Gasteiger partial charge in [-0.15, -0.1) is 5.06 Å². The normalized spacial score (nSPS) is 14.7. The molecule has 0 radical (unpaired) electrons. The highest BCUT2D eigenvalue weighted by atomic mass is 16.8. The number of carbonyl (C=O) groups is 1. The van der Waals surface area contributed by atoms with Gasteiger partial charge in [-0.3, -0.25) is 0 Å². The molecule has 0 atom stereocenters. The molecule has 1 aliphatic heterocycles. The zero-order valence-electron chi connectivity index (χ0n) is 19.4. The number of hydroxylamine groups is 2. The van der Waals surface area contributed by atoms with Crippen molar-refractivity contribution in [3.05, 3.63) is 29.7 Å². The molecule has 0 bridgehead atoms. The summed E-state index contributed by atoms with van der Waals surface area (Å²) in [6.07, 6.45) is 1.74. The lowest BCUT2D eigenvalue weighted by Crippen LogP contribution is -2.40. The number of piperidine rings is 1. The molecule has 0 saturated carbocycles. The SMILES string of the molecule is Cc1nc(NCCO)ccc1Oc1ncnc(OC2CCN(OC(=O)OC(C)C)CC2)c1C. The number of carbonyl (C=O) groups excluding carboxylic acids is 1. The molecule has 33 heavy (non-hydrogen) atoms. The zero-order chi connectivity index (χ0) is 23.8. The highest BCUT2D eigenvalue weighted by molar-refractivity contribution is 5.59. The number of anilines is 1. The Hall–Kier alpha value is -3.18. The standard InChI is InChI=1S/C22H31N5O6/c1-14(2)30-22(29)33-27-10-7-17(8-11-27)31-20-15(3)21(25-13-24-20)32-18-5-6-19(23-9-12-28)26-16(18)4/h5-6,13-14,17,28H,7-12H2,1-4H3,(H,23,26). The first-order valence-electron chi connectivity index (χ1n) is 11.0. The van der Waals surface area contributed by atoms with Crippen LogP contribution in [0.4, 0.5) is 10.6 Å². The van der Waals surface area contributed by atoms with E-state index in [0.717, 1.165) is 0 Å². The van der Waals surface area contributed by atoms with Crippen molar-refractivity contribution < 1.29 is 28.9 Å². The minimum absolute atomic E-state index is 0.0264. The van der Waals surface area contributed by atoms with Gasteiger partial charge < -0.3 is 29.5 Å².